The zero-order valence-corrected chi connectivity index (χ0v) is 17.4. The molecule has 0 aliphatic carbocycles. The minimum Gasteiger partial charge on any atom is -0.312 e. The summed E-state index contributed by atoms with van der Waals surface area (Å²) in [6.07, 6.45) is 2.40. The number of halogens is 1. The number of hydrogen-bond donors (Lipinski definition) is 0. The predicted octanol–water partition coefficient (Wildman–Crippen LogP) is 2.55. The van der Waals surface area contributed by atoms with Gasteiger partial charge in [-0.05, 0) is 36.1 Å². The molecule has 0 radical (unpaired) electrons. The van der Waals surface area contributed by atoms with E-state index in [-0.39, 0.29) is 29.2 Å². The lowest BCUT2D eigenvalue weighted by Gasteiger charge is -2.46. The second-order valence-corrected chi connectivity index (χ2v) is 9.59. The summed E-state index contributed by atoms with van der Waals surface area (Å²) in [5.41, 5.74) is 1.87. The van der Waals surface area contributed by atoms with Gasteiger partial charge in [0.25, 0.3) is 11.5 Å². The Bertz CT molecular complexity index is 1240. The van der Waals surface area contributed by atoms with Crippen LogP contribution in [-0.2, 0) is 6.54 Å². The number of aromatic nitrogens is 4. The molecule has 158 valence electrons. The summed E-state index contributed by atoms with van der Waals surface area (Å²) >= 11 is 1.39. The third kappa shape index (κ3) is 3.06. The molecule has 4 atom stereocenters. The van der Waals surface area contributed by atoms with Crippen LogP contribution in [0.15, 0.2) is 58.7 Å². The summed E-state index contributed by atoms with van der Waals surface area (Å²) < 4.78 is 17.4. The lowest BCUT2D eigenvalue weighted by atomic mass is 9.81. The Balaban J connectivity index is 1.39. The molecular formula is C22H20FN5O2S. The molecule has 9 heteroatoms. The smallest absolute Gasteiger partial charge is 0.264 e. The van der Waals surface area contributed by atoms with Gasteiger partial charge in [-0.25, -0.2) is 9.37 Å². The van der Waals surface area contributed by atoms with Gasteiger partial charge in [-0.2, -0.15) is 9.78 Å². The van der Waals surface area contributed by atoms with Crippen molar-refractivity contribution in [2.75, 3.05) is 13.1 Å². The topological polar surface area (TPSA) is 73.0 Å². The molecular weight excluding hydrogens is 417 g/mol. The van der Waals surface area contributed by atoms with Gasteiger partial charge in [-0.1, -0.05) is 30.0 Å². The van der Waals surface area contributed by atoms with E-state index in [1.165, 1.54) is 34.9 Å². The fourth-order valence-electron chi connectivity index (χ4n) is 5.37. The lowest BCUT2D eigenvalue weighted by molar-refractivity contribution is 0.0658. The highest BCUT2D eigenvalue weighted by atomic mass is 32.2. The molecule has 1 aromatic carbocycles. The quantitative estimate of drug-likeness (QED) is 0.627. The maximum Gasteiger partial charge on any atom is 0.264 e. The highest BCUT2D eigenvalue weighted by Gasteiger charge is 2.45. The van der Waals surface area contributed by atoms with Gasteiger partial charge in [0.15, 0.2) is 5.16 Å². The fraction of sp³-hybridized carbons (Fsp3) is 0.364. The number of likely N-dealkylation sites (tertiary alicyclic amines) is 1. The number of carbonyl (C=O) groups excluding carboxylic acids is 1. The molecule has 2 bridgehead atoms. The first-order valence-corrected chi connectivity index (χ1v) is 11.3. The number of hydrogen-bond acceptors (Lipinski definition) is 6. The number of fused-ring (bicyclic) bond motifs is 5. The molecule has 0 N–H and O–H groups in total. The summed E-state index contributed by atoms with van der Waals surface area (Å²) in [6, 6.07) is 11.7. The Kier molecular flexibility index (Phi) is 4.36. The van der Waals surface area contributed by atoms with E-state index in [0.29, 0.717) is 24.2 Å². The van der Waals surface area contributed by atoms with Gasteiger partial charge in [0.05, 0.1) is 6.04 Å². The molecule has 3 aliphatic heterocycles. The standard InChI is InChI=1S/C22H20FN5O2S/c23-16-4-1-3-14(8-16)19(20-21(30)28-22(31-20)24-12-25-28)26-9-13-7-15(11-26)17-5-2-6-18(29)27(17)10-13/h1-6,8,12-13,15,19-20H,7,9-11H2. The van der Waals surface area contributed by atoms with Crippen LogP contribution >= 0.6 is 11.8 Å². The maximum absolute atomic E-state index is 14.2. The van der Waals surface area contributed by atoms with E-state index >= 15 is 0 Å². The minimum atomic E-state index is -0.449. The van der Waals surface area contributed by atoms with Crippen LogP contribution in [0.25, 0.3) is 0 Å². The Labute approximate surface area is 181 Å². The summed E-state index contributed by atoms with van der Waals surface area (Å²) in [5.74, 6) is 0.0650. The maximum atomic E-state index is 14.2. The van der Waals surface area contributed by atoms with Gasteiger partial charge in [0.1, 0.15) is 17.4 Å². The van der Waals surface area contributed by atoms with Crippen molar-refractivity contribution in [1.82, 2.24) is 24.2 Å². The molecule has 7 nitrogen and oxygen atoms in total. The molecule has 4 unspecified atom stereocenters. The van der Waals surface area contributed by atoms with Crippen molar-refractivity contribution in [3.05, 3.63) is 76.2 Å². The zero-order valence-electron chi connectivity index (χ0n) is 16.6. The van der Waals surface area contributed by atoms with Crippen molar-refractivity contribution in [3.63, 3.8) is 0 Å². The lowest BCUT2D eigenvalue weighted by Crippen LogP contribution is -2.50. The van der Waals surface area contributed by atoms with Crippen LogP contribution in [-0.4, -0.2) is 48.5 Å². The molecule has 0 amide bonds. The first-order valence-electron chi connectivity index (χ1n) is 10.4. The molecule has 3 aromatic rings. The third-order valence-electron chi connectivity index (χ3n) is 6.58. The molecule has 6 rings (SSSR count). The number of carbonyl (C=O) groups is 1. The first kappa shape index (κ1) is 18.9. The van der Waals surface area contributed by atoms with Gasteiger partial charge in [0, 0.05) is 37.3 Å². The molecule has 1 saturated heterocycles. The van der Waals surface area contributed by atoms with Gasteiger partial charge in [-0.15, -0.1) is 0 Å². The van der Waals surface area contributed by atoms with Gasteiger partial charge in [-0.3, -0.25) is 14.5 Å². The number of piperidine rings is 1. The monoisotopic (exact) mass is 437 g/mol. The van der Waals surface area contributed by atoms with E-state index in [4.69, 9.17) is 0 Å². The summed E-state index contributed by atoms with van der Waals surface area (Å²) in [5, 5.41) is 4.19. The van der Waals surface area contributed by atoms with Crippen LogP contribution in [0.1, 0.15) is 34.4 Å². The number of thioether (sulfide) groups is 1. The van der Waals surface area contributed by atoms with Crippen molar-refractivity contribution in [2.24, 2.45) is 5.92 Å². The Hall–Kier alpha value is -2.78. The van der Waals surface area contributed by atoms with E-state index in [2.05, 4.69) is 15.0 Å². The molecule has 5 heterocycles. The zero-order chi connectivity index (χ0) is 21.1. The van der Waals surface area contributed by atoms with Crippen LogP contribution in [0, 0.1) is 11.7 Å². The van der Waals surface area contributed by atoms with E-state index < -0.39 is 5.25 Å². The van der Waals surface area contributed by atoms with E-state index in [9.17, 15) is 14.0 Å². The number of rotatable bonds is 3. The average molecular weight is 438 g/mol. The molecule has 1 fully saturated rings. The van der Waals surface area contributed by atoms with Gasteiger partial charge < -0.3 is 4.57 Å². The van der Waals surface area contributed by atoms with E-state index in [1.807, 2.05) is 22.8 Å². The number of benzene rings is 1. The highest BCUT2D eigenvalue weighted by molar-refractivity contribution is 8.00. The van der Waals surface area contributed by atoms with E-state index in [1.54, 1.807) is 12.1 Å². The predicted molar refractivity (Wildman–Crippen MR) is 113 cm³/mol. The summed E-state index contributed by atoms with van der Waals surface area (Å²) in [7, 11) is 0. The molecule has 0 saturated carbocycles. The molecule has 2 aromatic heterocycles. The second-order valence-electron chi connectivity index (χ2n) is 8.48. The normalized spacial score (nSPS) is 25.8. The largest absolute Gasteiger partial charge is 0.312 e. The van der Waals surface area contributed by atoms with Crippen molar-refractivity contribution < 1.29 is 9.18 Å². The van der Waals surface area contributed by atoms with Crippen LogP contribution < -0.4 is 5.56 Å². The van der Waals surface area contributed by atoms with Gasteiger partial charge in [0.2, 0.25) is 0 Å². The number of pyridine rings is 1. The molecule has 0 spiro atoms. The molecule has 31 heavy (non-hydrogen) atoms. The van der Waals surface area contributed by atoms with Crippen molar-refractivity contribution >= 4 is 17.7 Å². The average Bonchev–Trinajstić information content (AvgIpc) is 3.33. The van der Waals surface area contributed by atoms with Crippen LogP contribution in [0.5, 0.6) is 0 Å². The molecule has 3 aliphatic rings. The second kappa shape index (κ2) is 7.13. The van der Waals surface area contributed by atoms with Gasteiger partial charge >= 0.3 is 0 Å². The summed E-state index contributed by atoms with van der Waals surface area (Å²) in [6.45, 7) is 2.13. The SMILES string of the molecule is O=C1C(C(c2cccc(F)c2)N2CC3CC(C2)c2cccc(=O)n2C3)Sc2ncnn21. The van der Waals surface area contributed by atoms with Crippen molar-refractivity contribution in [1.29, 1.82) is 0 Å². The van der Waals surface area contributed by atoms with Crippen LogP contribution in [0.4, 0.5) is 4.39 Å². The fourth-order valence-corrected chi connectivity index (χ4v) is 6.61. The van der Waals surface area contributed by atoms with E-state index in [0.717, 1.165) is 24.2 Å². The van der Waals surface area contributed by atoms with Crippen molar-refractivity contribution in [3.8, 4) is 0 Å². The van der Waals surface area contributed by atoms with Crippen molar-refractivity contribution in [2.45, 2.75) is 35.3 Å². The first-order chi connectivity index (χ1) is 15.1. The Morgan fingerprint density at radius 3 is 2.81 bits per heavy atom. The Morgan fingerprint density at radius 2 is 1.97 bits per heavy atom. The Morgan fingerprint density at radius 1 is 1.10 bits per heavy atom. The third-order valence-corrected chi connectivity index (χ3v) is 7.78. The minimum absolute atomic E-state index is 0.0420. The highest BCUT2D eigenvalue weighted by Crippen LogP contribution is 2.44. The van der Waals surface area contributed by atoms with Crippen LogP contribution in [0.3, 0.4) is 0 Å². The summed E-state index contributed by atoms with van der Waals surface area (Å²) in [4.78, 5) is 32.0. The van der Waals surface area contributed by atoms with Crippen LogP contribution in [0.2, 0.25) is 0 Å². The number of nitrogens with zero attached hydrogens (tertiary/aromatic N) is 5.